The maximum absolute atomic E-state index is 12.4. The van der Waals surface area contributed by atoms with Crippen LogP contribution in [0.3, 0.4) is 0 Å². The number of nitrogens with two attached hydrogens (primary N) is 1. The molecule has 0 radical (unpaired) electrons. The summed E-state index contributed by atoms with van der Waals surface area (Å²) in [6.07, 6.45) is 1.33. The summed E-state index contributed by atoms with van der Waals surface area (Å²) in [4.78, 5) is 11.5. The number of rotatable bonds is 6. The Morgan fingerprint density at radius 2 is 1.91 bits per heavy atom. The fraction of sp³-hybridized carbons (Fsp3) is 0.500. The number of aryl methyl sites for hydroxylation is 1. The third kappa shape index (κ3) is 3.95. The molecule has 23 heavy (non-hydrogen) atoms. The normalized spacial score (nSPS) is 12.3. The molecular formula is C14H22ClN3O4S. The SMILES string of the molecule is CCC(N)(CC)CNS(=O)(=O)c1ccc2c(c1)oc(=O)n2C.Cl. The second-order valence-electron chi connectivity index (χ2n) is 5.45. The topological polar surface area (TPSA) is 107 Å². The molecule has 130 valence electrons. The Balaban J connectivity index is 0.00000264. The van der Waals surface area contributed by atoms with Gasteiger partial charge in [0.25, 0.3) is 0 Å². The van der Waals surface area contributed by atoms with E-state index < -0.39 is 21.3 Å². The number of halogens is 1. The van der Waals surface area contributed by atoms with Crippen molar-refractivity contribution in [2.24, 2.45) is 12.8 Å². The summed E-state index contributed by atoms with van der Waals surface area (Å²) in [5.41, 5.74) is 6.31. The van der Waals surface area contributed by atoms with Crippen molar-refractivity contribution in [1.29, 1.82) is 0 Å². The van der Waals surface area contributed by atoms with Crippen molar-refractivity contribution < 1.29 is 12.8 Å². The summed E-state index contributed by atoms with van der Waals surface area (Å²) in [5, 5.41) is 0. The van der Waals surface area contributed by atoms with Gasteiger partial charge in [0.05, 0.1) is 10.4 Å². The van der Waals surface area contributed by atoms with Gasteiger partial charge in [0.1, 0.15) is 0 Å². The number of fused-ring (bicyclic) bond motifs is 1. The summed E-state index contributed by atoms with van der Waals surface area (Å²) in [7, 11) is -2.15. The van der Waals surface area contributed by atoms with Crippen LogP contribution in [0.15, 0.2) is 32.3 Å². The lowest BCUT2D eigenvalue weighted by molar-refractivity contribution is 0.392. The van der Waals surface area contributed by atoms with Crippen LogP contribution < -0.4 is 16.2 Å². The highest BCUT2D eigenvalue weighted by molar-refractivity contribution is 7.89. The van der Waals surface area contributed by atoms with Crippen molar-refractivity contribution in [2.45, 2.75) is 37.1 Å². The molecule has 0 spiro atoms. The van der Waals surface area contributed by atoms with Gasteiger partial charge in [-0.25, -0.2) is 17.9 Å². The van der Waals surface area contributed by atoms with E-state index in [1.165, 1.54) is 16.7 Å². The quantitative estimate of drug-likeness (QED) is 0.805. The first-order chi connectivity index (χ1) is 10.2. The maximum atomic E-state index is 12.4. The zero-order chi connectivity index (χ0) is 16.5. The van der Waals surface area contributed by atoms with Crippen molar-refractivity contribution >= 4 is 33.5 Å². The van der Waals surface area contributed by atoms with Gasteiger partial charge in [0.15, 0.2) is 5.58 Å². The molecule has 1 heterocycles. The lowest BCUT2D eigenvalue weighted by Crippen LogP contribution is -2.49. The first-order valence-electron chi connectivity index (χ1n) is 7.10. The van der Waals surface area contributed by atoms with Crippen LogP contribution >= 0.6 is 12.4 Å². The molecule has 0 aliphatic rings. The Kier molecular flexibility index (Phi) is 6.03. The fourth-order valence-corrected chi connectivity index (χ4v) is 3.26. The van der Waals surface area contributed by atoms with Crippen LogP contribution in [0.4, 0.5) is 0 Å². The Bertz CT molecular complexity index is 837. The smallest absolute Gasteiger partial charge is 0.408 e. The van der Waals surface area contributed by atoms with Crippen molar-refractivity contribution in [2.75, 3.05) is 6.54 Å². The van der Waals surface area contributed by atoms with Crippen LogP contribution in [0.2, 0.25) is 0 Å². The molecule has 0 atom stereocenters. The molecule has 1 aromatic heterocycles. The molecular weight excluding hydrogens is 342 g/mol. The maximum Gasteiger partial charge on any atom is 0.419 e. The van der Waals surface area contributed by atoms with Gasteiger partial charge in [-0.1, -0.05) is 13.8 Å². The zero-order valence-corrected chi connectivity index (χ0v) is 15.0. The second-order valence-corrected chi connectivity index (χ2v) is 7.22. The van der Waals surface area contributed by atoms with Gasteiger partial charge in [0, 0.05) is 25.2 Å². The van der Waals surface area contributed by atoms with E-state index in [0.29, 0.717) is 18.4 Å². The van der Waals surface area contributed by atoms with Gasteiger partial charge in [-0.15, -0.1) is 12.4 Å². The highest BCUT2D eigenvalue weighted by atomic mass is 35.5. The average molecular weight is 364 g/mol. The van der Waals surface area contributed by atoms with Crippen LogP contribution in [0.5, 0.6) is 0 Å². The van der Waals surface area contributed by atoms with Crippen LogP contribution in [0.1, 0.15) is 26.7 Å². The van der Waals surface area contributed by atoms with Gasteiger partial charge >= 0.3 is 5.76 Å². The number of benzene rings is 1. The van der Waals surface area contributed by atoms with Crippen LogP contribution in [-0.2, 0) is 17.1 Å². The first-order valence-corrected chi connectivity index (χ1v) is 8.59. The second kappa shape index (κ2) is 7.04. The molecule has 0 aliphatic heterocycles. The van der Waals surface area contributed by atoms with E-state index in [-0.39, 0.29) is 29.4 Å². The molecule has 0 saturated carbocycles. The van der Waals surface area contributed by atoms with E-state index in [1.54, 1.807) is 13.1 Å². The number of nitrogens with zero attached hydrogens (tertiary/aromatic N) is 1. The van der Waals surface area contributed by atoms with Gasteiger partial charge in [0.2, 0.25) is 10.0 Å². The largest absolute Gasteiger partial charge is 0.419 e. The number of aromatic nitrogens is 1. The molecule has 0 saturated heterocycles. The highest BCUT2D eigenvalue weighted by Crippen LogP contribution is 2.18. The minimum absolute atomic E-state index is 0. The molecule has 2 aromatic rings. The van der Waals surface area contributed by atoms with Gasteiger partial charge in [-0.2, -0.15) is 0 Å². The van der Waals surface area contributed by atoms with Crippen molar-refractivity contribution in [3.05, 3.63) is 28.7 Å². The number of hydrogen-bond acceptors (Lipinski definition) is 5. The van der Waals surface area contributed by atoms with Crippen molar-refractivity contribution in [3.8, 4) is 0 Å². The molecule has 0 aliphatic carbocycles. The van der Waals surface area contributed by atoms with Gasteiger partial charge in [-0.3, -0.25) is 4.57 Å². The van der Waals surface area contributed by atoms with Crippen LogP contribution in [0, 0.1) is 0 Å². The zero-order valence-electron chi connectivity index (χ0n) is 13.3. The van der Waals surface area contributed by atoms with E-state index in [9.17, 15) is 13.2 Å². The third-order valence-corrected chi connectivity index (χ3v) is 5.50. The minimum atomic E-state index is -3.71. The molecule has 0 amide bonds. The van der Waals surface area contributed by atoms with Crippen molar-refractivity contribution in [1.82, 2.24) is 9.29 Å². The lowest BCUT2D eigenvalue weighted by Gasteiger charge is -2.26. The summed E-state index contributed by atoms with van der Waals surface area (Å²) in [6.45, 7) is 3.99. The number of sulfonamides is 1. The van der Waals surface area contributed by atoms with E-state index in [4.69, 9.17) is 10.2 Å². The van der Waals surface area contributed by atoms with E-state index in [0.717, 1.165) is 0 Å². The molecule has 7 nitrogen and oxygen atoms in total. The summed E-state index contributed by atoms with van der Waals surface area (Å²) < 4.78 is 33.6. The van der Waals surface area contributed by atoms with Crippen molar-refractivity contribution in [3.63, 3.8) is 0 Å². The standard InChI is InChI=1S/C14H21N3O4S.ClH/c1-4-14(15,5-2)9-16-22(19,20)10-6-7-11-12(8-10)21-13(18)17(11)3;/h6-8,16H,4-5,9,15H2,1-3H3;1H. The first kappa shape index (κ1) is 19.7. The minimum Gasteiger partial charge on any atom is -0.408 e. The van der Waals surface area contributed by atoms with Crippen LogP contribution in [-0.4, -0.2) is 25.1 Å². The molecule has 3 N–H and O–H groups in total. The van der Waals surface area contributed by atoms with E-state index in [2.05, 4.69) is 4.72 Å². The summed E-state index contributed by atoms with van der Waals surface area (Å²) in [5.74, 6) is -0.532. The average Bonchev–Trinajstić information content (AvgIpc) is 2.79. The molecule has 1 aromatic carbocycles. The predicted molar refractivity (Wildman–Crippen MR) is 91.4 cm³/mol. The number of hydrogen-bond donors (Lipinski definition) is 2. The molecule has 2 rings (SSSR count). The Morgan fingerprint density at radius 1 is 1.30 bits per heavy atom. The predicted octanol–water partition coefficient (Wildman–Crippen LogP) is 1.35. The van der Waals surface area contributed by atoms with Gasteiger partial charge < -0.3 is 10.2 Å². The molecule has 0 bridgehead atoms. The van der Waals surface area contributed by atoms with E-state index in [1.807, 2.05) is 13.8 Å². The summed E-state index contributed by atoms with van der Waals surface area (Å²) in [6, 6.07) is 4.33. The Morgan fingerprint density at radius 3 is 2.48 bits per heavy atom. The monoisotopic (exact) mass is 363 g/mol. The Hall–Kier alpha value is -1.35. The molecule has 0 fully saturated rings. The lowest BCUT2D eigenvalue weighted by atomic mass is 9.95. The number of nitrogens with one attached hydrogen (secondary N) is 1. The number of oxazole rings is 1. The fourth-order valence-electron chi connectivity index (χ4n) is 2.10. The molecule has 9 heteroatoms. The van der Waals surface area contributed by atoms with E-state index >= 15 is 0 Å². The highest BCUT2D eigenvalue weighted by Gasteiger charge is 2.24. The van der Waals surface area contributed by atoms with Gasteiger partial charge in [-0.05, 0) is 25.0 Å². The molecule has 0 unspecified atom stereocenters. The Labute approximate surface area is 141 Å². The third-order valence-electron chi connectivity index (χ3n) is 4.10. The summed E-state index contributed by atoms with van der Waals surface area (Å²) >= 11 is 0. The van der Waals surface area contributed by atoms with Crippen LogP contribution in [0.25, 0.3) is 11.1 Å².